The second kappa shape index (κ2) is 5.00. The molecule has 0 aliphatic heterocycles. The van der Waals surface area contributed by atoms with Crippen molar-refractivity contribution in [1.82, 2.24) is 4.98 Å². The first-order valence-electron chi connectivity index (χ1n) is 5.22. The zero-order chi connectivity index (χ0) is 13.3. The number of aromatic nitrogens is 1. The Morgan fingerprint density at radius 3 is 2.61 bits per heavy atom. The van der Waals surface area contributed by atoms with Crippen molar-refractivity contribution in [3.8, 4) is 0 Å². The summed E-state index contributed by atoms with van der Waals surface area (Å²) in [4.78, 5) is 26.1. The maximum absolute atomic E-state index is 11.9. The van der Waals surface area contributed by atoms with Gasteiger partial charge in [0.15, 0.2) is 0 Å². The van der Waals surface area contributed by atoms with Gasteiger partial charge in [0.1, 0.15) is 0 Å². The van der Waals surface area contributed by atoms with E-state index in [1.165, 1.54) is 6.20 Å². The molecule has 0 unspecified atom stereocenters. The van der Waals surface area contributed by atoms with Crippen LogP contribution in [-0.2, 0) is 9.53 Å². The van der Waals surface area contributed by atoms with Gasteiger partial charge in [-0.15, -0.1) is 0 Å². The monoisotopic (exact) mass is 285 g/mol. The number of benzene rings is 1. The number of carbonyl (C=O) groups excluding carboxylic acids is 2. The molecule has 0 radical (unpaired) electrons. The van der Waals surface area contributed by atoms with E-state index in [2.05, 4.69) is 9.72 Å². The lowest BCUT2D eigenvalue weighted by Crippen LogP contribution is -2.17. The fourth-order valence-corrected chi connectivity index (χ4v) is 2.13. The summed E-state index contributed by atoms with van der Waals surface area (Å²) in [5, 5.41) is 1.21. The maximum Gasteiger partial charge on any atom is 0.379 e. The van der Waals surface area contributed by atoms with Crippen molar-refractivity contribution < 1.29 is 14.3 Å². The molecule has 6 heteroatoms. The van der Waals surface area contributed by atoms with Crippen molar-refractivity contribution in [3.63, 3.8) is 0 Å². The summed E-state index contributed by atoms with van der Waals surface area (Å²) in [6.45, 7) is 1.77. The molecule has 0 bridgehead atoms. The van der Waals surface area contributed by atoms with Crippen molar-refractivity contribution in [2.45, 2.75) is 6.92 Å². The Morgan fingerprint density at radius 2 is 1.94 bits per heavy atom. The van der Waals surface area contributed by atoms with E-state index in [-0.39, 0.29) is 12.2 Å². The van der Waals surface area contributed by atoms with Crippen LogP contribution in [0.15, 0.2) is 18.3 Å². The van der Waals surface area contributed by atoms with Crippen LogP contribution < -0.4 is 0 Å². The van der Waals surface area contributed by atoms with Gasteiger partial charge in [-0.3, -0.25) is 4.79 Å². The number of esters is 1. The Morgan fingerprint density at radius 1 is 1.28 bits per heavy atom. The normalized spacial score (nSPS) is 10.6. The second-order valence-electron chi connectivity index (χ2n) is 3.53. The summed E-state index contributed by atoms with van der Waals surface area (Å²) in [6, 6.07) is 3.18. The lowest BCUT2D eigenvalue weighted by molar-refractivity contribution is -0.137. The minimum atomic E-state index is -0.908. The van der Waals surface area contributed by atoms with Gasteiger partial charge in [-0.2, -0.15) is 0 Å². The third-order valence-corrected chi connectivity index (χ3v) is 3.07. The summed E-state index contributed by atoms with van der Waals surface area (Å²) in [7, 11) is 0. The van der Waals surface area contributed by atoms with Crippen LogP contribution in [0.4, 0.5) is 0 Å². The molecule has 4 nitrogen and oxygen atoms in total. The van der Waals surface area contributed by atoms with Gasteiger partial charge in [0.05, 0.1) is 27.7 Å². The molecule has 0 amide bonds. The van der Waals surface area contributed by atoms with Gasteiger partial charge in [0, 0.05) is 11.6 Å². The first kappa shape index (κ1) is 12.9. The molecule has 0 spiro atoms. The van der Waals surface area contributed by atoms with Crippen LogP contribution in [0, 0.1) is 0 Å². The van der Waals surface area contributed by atoms with Crippen LogP contribution >= 0.6 is 23.2 Å². The number of rotatable bonds is 3. The summed E-state index contributed by atoms with van der Waals surface area (Å²) >= 11 is 12.0. The minimum Gasteiger partial charge on any atom is -0.460 e. The Labute approximate surface area is 113 Å². The molecule has 2 aromatic rings. The van der Waals surface area contributed by atoms with Crippen LogP contribution in [0.2, 0.25) is 10.0 Å². The molecule has 0 saturated carbocycles. The molecule has 0 aliphatic rings. The van der Waals surface area contributed by atoms with Crippen LogP contribution in [-0.4, -0.2) is 23.3 Å². The van der Waals surface area contributed by atoms with E-state index in [1.807, 2.05) is 0 Å². The van der Waals surface area contributed by atoms with E-state index in [0.29, 0.717) is 20.9 Å². The van der Waals surface area contributed by atoms with E-state index in [4.69, 9.17) is 23.2 Å². The average molecular weight is 286 g/mol. The lowest BCUT2D eigenvalue weighted by atomic mass is 10.1. The SMILES string of the molecule is CCOC(=O)C(=O)c1c[nH]c2c(Cl)ccc(Cl)c12. The molecule has 0 saturated heterocycles. The number of H-pyrrole nitrogens is 1. The number of ether oxygens (including phenoxy) is 1. The first-order chi connectivity index (χ1) is 8.56. The number of halogens is 2. The number of nitrogens with one attached hydrogen (secondary N) is 1. The number of fused-ring (bicyclic) bond motifs is 1. The Kier molecular flexibility index (Phi) is 3.59. The molecular weight excluding hydrogens is 277 g/mol. The molecule has 1 N–H and O–H groups in total. The summed E-state index contributed by atoms with van der Waals surface area (Å²) in [5.74, 6) is -1.65. The van der Waals surface area contributed by atoms with E-state index in [1.54, 1.807) is 19.1 Å². The molecular formula is C12H9Cl2NO3. The summed E-state index contributed by atoms with van der Waals surface area (Å²) < 4.78 is 4.67. The van der Waals surface area contributed by atoms with Crippen molar-refractivity contribution in [2.75, 3.05) is 6.61 Å². The average Bonchev–Trinajstić information content (AvgIpc) is 2.79. The van der Waals surface area contributed by atoms with Crippen LogP contribution in [0.5, 0.6) is 0 Å². The lowest BCUT2D eigenvalue weighted by Gasteiger charge is -2.01. The molecule has 2 rings (SSSR count). The van der Waals surface area contributed by atoms with Gasteiger partial charge in [-0.05, 0) is 19.1 Å². The standard InChI is InChI=1S/C12H9Cl2NO3/c1-2-18-12(17)11(16)6-5-15-10-8(14)4-3-7(13)9(6)10/h3-5,15H,2H2,1H3. The quantitative estimate of drug-likeness (QED) is 0.535. The highest BCUT2D eigenvalue weighted by molar-refractivity contribution is 6.47. The van der Waals surface area contributed by atoms with Crippen LogP contribution in [0.25, 0.3) is 10.9 Å². The Hall–Kier alpha value is -1.52. The van der Waals surface area contributed by atoms with Crippen LogP contribution in [0.3, 0.4) is 0 Å². The highest BCUT2D eigenvalue weighted by Crippen LogP contribution is 2.32. The highest BCUT2D eigenvalue weighted by Gasteiger charge is 2.23. The number of carbonyl (C=O) groups is 2. The zero-order valence-electron chi connectivity index (χ0n) is 9.42. The summed E-state index contributed by atoms with van der Waals surface area (Å²) in [6.07, 6.45) is 1.40. The van der Waals surface area contributed by atoms with Crippen molar-refractivity contribution >= 4 is 45.9 Å². The first-order valence-corrected chi connectivity index (χ1v) is 5.98. The molecule has 94 valence electrons. The predicted octanol–water partition coefficient (Wildman–Crippen LogP) is 3.22. The molecule has 0 aliphatic carbocycles. The van der Waals surface area contributed by atoms with E-state index in [0.717, 1.165) is 0 Å². The fraction of sp³-hybridized carbons (Fsp3) is 0.167. The number of ketones is 1. The predicted molar refractivity (Wildman–Crippen MR) is 69.3 cm³/mol. The number of hydrogen-bond acceptors (Lipinski definition) is 3. The molecule has 0 fully saturated rings. The van der Waals surface area contributed by atoms with E-state index in [9.17, 15) is 9.59 Å². The Bertz CT molecular complexity index is 634. The van der Waals surface area contributed by atoms with E-state index < -0.39 is 11.8 Å². The number of Topliss-reactive ketones (excluding diaryl/α,β-unsaturated/α-hetero) is 1. The van der Waals surface area contributed by atoms with Gasteiger partial charge in [-0.25, -0.2) is 4.79 Å². The van der Waals surface area contributed by atoms with Gasteiger partial charge in [0.2, 0.25) is 0 Å². The second-order valence-corrected chi connectivity index (χ2v) is 4.35. The Balaban J connectivity index is 2.56. The molecule has 18 heavy (non-hydrogen) atoms. The molecule has 1 aromatic carbocycles. The van der Waals surface area contributed by atoms with Crippen molar-refractivity contribution in [2.24, 2.45) is 0 Å². The molecule has 1 aromatic heterocycles. The van der Waals surface area contributed by atoms with Crippen LogP contribution in [0.1, 0.15) is 17.3 Å². The fourth-order valence-electron chi connectivity index (χ4n) is 1.66. The van der Waals surface area contributed by atoms with E-state index >= 15 is 0 Å². The molecule has 0 atom stereocenters. The van der Waals surface area contributed by atoms with Gasteiger partial charge in [-0.1, -0.05) is 23.2 Å². The largest absolute Gasteiger partial charge is 0.460 e. The third kappa shape index (κ3) is 2.09. The van der Waals surface area contributed by atoms with Gasteiger partial charge in [0.25, 0.3) is 5.78 Å². The smallest absolute Gasteiger partial charge is 0.379 e. The zero-order valence-corrected chi connectivity index (χ0v) is 10.9. The van der Waals surface area contributed by atoms with Gasteiger partial charge >= 0.3 is 5.97 Å². The van der Waals surface area contributed by atoms with Crippen molar-refractivity contribution in [3.05, 3.63) is 33.9 Å². The number of aromatic amines is 1. The summed E-state index contributed by atoms with van der Waals surface area (Å²) in [5.41, 5.74) is 0.688. The third-order valence-electron chi connectivity index (χ3n) is 2.44. The minimum absolute atomic E-state index is 0.140. The topological polar surface area (TPSA) is 59.2 Å². The van der Waals surface area contributed by atoms with Gasteiger partial charge < -0.3 is 9.72 Å². The highest BCUT2D eigenvalue weighted by atomic mass is 35.5. The van der Waals surface area contributed by atoms with Crippen molar-refractivity contribution in [1.29, 1.82) is 0 Å². The molecule has 1 heterocycles. The maximum atomic E-state index is 11.9. The number of hydrogen-bond donors (Lipinski definition) is 1.